The maximum Gasteiger partial charge on any atom is 0.335 e. The van der Waals surface area contributed by atoms with Crippen LogP contribution in [-0.2, 0) is 9.53 Å². The zero-order chi connectivity index (χ0) is 13.1. The summed E-state index contributed by atoms with van der Waals surface area (Å²) in [6, 6.07) is 0. The molecule has 0 amide bonds. The van der Waals surface area contributed by atoms with E-state index < -0.39 is 11.8 Å². The molecule has 96 valence electrons. The van der Waals surface area contributed by atoms with Gasteiger partial charge in [0.15, 0.2) is 0 Å². The van der Waals surface area contributed by atoms with Gasteiger partial charge in [-0.2, -0.15) is 0 Å². The van der Waals surface area contributed by atoms with E-state index >= 15 is 0 Å². The molecule has 2 aliphatic carbocycles. The standard InChI is InChI=1S/C14H22O3/c1-9(2)11(15)17-14(16)8-10-6-7-13(14,5)12(10,3)4/h10,16H,1,6-8H2,2-5H3/t10-,13-,14-/m1/s1. The minimum atomic E-state index is -1.32. The van der Waals surface area contributed by atoms with Gasteiger partial charge in [0.2, 0.25) is 5.79 Å². The lowest BCUT2D eigenvalue weighted by Gasteiger charge is -2.43. The van der Waals surface area contributed by atoms with Crippen LogP contribution in [0.4, 0.5) is 0 Å². The molecule has 0 spiro atoms. The maximum atomic E-state index is 11.7. The maximum absolute atomic E-state index is 11.7. The normalized spacial score (nSPS) is 42.5. The molecule has 0 aromatic rings. The zero-order valence-electron chi connectivity index (χ0n) is 11.2. The van der Waals surface area contributed by atoms with Gasteiger partial charge in [0.05, 0.1) is 0 Å². The SMILES string of the molecule is C=C(C)C(=O)O[C@]1(O)C[C@H]2CC[C@]1(C)C2(C)C. The Hall–Kier alpha value is -0.830. The number of carbonyl (C=O) groups excluding carboxylic acids is 1. The molecule has 2 bridgehead atoms. The number of esters is 1. The summed E-state index contributed by atoms with van der Waals surface area (Å²) >= 11 is 0. The van der Waals surface area contributed by atoms with Gasteiger partial charge < -0.3 is 9.84 Å². The first-order valence-corrected chi connectivity index (χ1v) is 6.25. The third kappa shape index (κ3) is 1.41. The van der Waals surface area contributed by atoms with Gasteiger partial charge in [0.1, 0.15) is 0 Å². The van der Waals surface area contributed by atoms with Crippen LogP contribution >= 0.6 is 0 Å². The van der Waals surface area contributed by atoms with Crippen LogP contribution < -0.4 is 0 Å². The predicted octanol–water partition coefficient (Wildman–Crippen LogP) is 2.64. The van der Waals surface area contributed by atoms with Crippen LogP contribution in [0, 0.1) is 16.7 Å². The van der Waals surface area contributed by atoms with Gasteiger partial charge in [-0.15, -0.1) is 0 Å². The van der Waals surface area contributed by atoms with E-state index in [1.165, 1.54) is 0 Å². The highest BCUT2D eigenvalue weighted by molar-refractivity contribution is 5.87. The molecule has 1 N–H and O–H groups in total. The van der Waals surface area contributed by atoms with Gasteiger partial charge >= 0.3 is 5.97 Å². The number of aliphatic hydroxyl groups is 1. The highest BCUT2D eigenvalue weighted by Crippen LogP contribution is 2.69. The molecule has 0 aromatic carbocycles. The quantitative estimate of drug-likeness (QED) is 0.457. The molecule has 0 unspecified atom stereocenters. The number of hydrogen-bond acceptors (Lipinski definition) is 3. The van der Waals surface area contributed by atoms with Crippen molar-refractivity contribution in [3.8, 4) is 0 Å². The second-order valence-electron chi connectivity index (χ2n) is 6.45. The van der Waals surface area contributed by atoms with Crippen molar-refractivity contribution in [1.82, 2.24) is 0 Å². The van der Waals surface area contributed by atoms with Crippen molar-refractivity contribution >= 4 is 5.97 Å². The van der Waals surface area contributed by atoms with Gasteiger partial charge in [0.25, 0.3) is 0 Å². The fourth-order valence-corrected chi connectivity index (χ4v) is 3.61. The molecule has 2 saturated carbocycles. The third-order valence-electron chi connectivity index (χ3n) is 5.43. The highest BCUT2D eigenvalue weighted by Gasteiger charge is 2.70. The third-order valence-corrected chi connectivity index (χ3v) is 5.43. The Kier molecular flexibility index (Phi) is 2.48. The van der Waals surface area contributed by atoms with Crippen LogP contribution in [0.25, 0.3) is 0 Å². The van der Waals surface area contributed by atoms with Crippen LogP contribution in [-0.4, -0.2) is 16.9 Å². The Morgan fingerprint density at radius 2 is 2.00 bits per heavy atom. The van der Waals surface area contributed by atoms with Crippen molar-refractivity contribution in [2.75, 3.05) is 0 Å². The smallest absolute Gasteiger partial charge is 0.335 e. The summed E-state index contributed by atoms with van der Waals surface area (Å²) in [7, 11) is 0. The summed E-state index contributed by atoms with van der Waals surface area (Å²) in [5, 5.41) is 10.7. The lowest BCUT2D eigenvalue weighted by Crippen LogP contribution is -2.50. The fourth-order valence-electron chi connectivity index (χ4n) is 3.61. The van der Waals surface area contributed by atoms with Crippen LogP contribution in [0.2, 0.25) is 0 Å². The Morgan fingerprint density at radius 1 is 1.41 bits per heavy atom. The topological polar surface area (TPSA) is 46.5 Å². The van der Waals surface area contributed by atoms with Gasteiger partial charge in [-0.1, -0.05) is 27.4 Å². The van der Waals surface area contributed by atoms with E-state index in [1.54, 1.807) is 6.92 Å². The van der Waals surface area contributed by atoms with E-state index in [0.29, 0.717) is 17.9 Å². The Morgan fingerprint density at radius 3 is 2.35 bits per heavy atom. The molecule has 0 saturated heterocycles. The second-order valence-corrected chi connectivity index (χ2v) is 6.45. The van der Waals surface area contributed by atoms with Crippen LogP contribution in [0.15, 0.2) is 12.2 Å². The Balaban J connectivity index is 2.30. The van der Waals surface area contributed by atoms with Crippen LogP contribution in [0.3, 0.4) is 0 Å². The molecular weight excluding hydrogens is 216 g/mol. The van der Waals surface area contributed by atoms with E-state index in [2.05, 4.69) is 20.4 Å². The average Bonchev–Trinajstić information content (AvgIpc) is 2.49. The monoisotopic (exact) mass is 238 g/mol. The minimum absolute atomic E-state index is 0.0110. The van der Waals surface area contributed by atoms with E-state index in [0.717, 1.165) is 12.8 Å². The van der Waals surface area contributed by atoms with Crippen LogP contribution in [0.1, 0.15) is 47.0 Å². The summed E-state index contributed by atoms with van der Waals surface area (Å²) in [6.45, 7) is 11.5. The summed E-state index contributed by atoms with van der Waals surface area (Å²) in [5.41, 5.74) is -0.00465. The molecule has 2 aliphatic rings. The van der Waals surface area contributed by atoms with Gasteiger partial charge in [-0.05, 0) is 31.1 Å². The highest BCUT2D eigenvalue weighted by atomic mass is 16.7. The molecule has 3 heteroatoms. The first-order chi connectivity index (χ1) is 7.64. The van der Waals surface area contributed by atoms with E-state index in [1.807, 2.05) is 6.92 Å². The summed E-state index contributed by atoms with van der Waals surface area (Å²) in [4.78, 5) is 11.7. The molecular formula is C14H22O3. The zero-order valence-corrected chi connectivity index (χ0v) is 11.2. The molecule has 2 fully saturated rings. The fraction of sp³-hybridized carbons (Fsp3) is 0.786. The molecule has 0 radical (unpaired) electrons. The molecule has 2 rings (SSSR count). The largest absolute Gasteiger partial charge is 0.429 e. The number of carbonyl (C=O) groups is 1. The Bertz CT molecular complexity index is 385. The van der Waals surface area contributed by atoms with Gasteiger partial charge in [-0.3, -0.25) is 0 Å². The summed E-state index contributed by atoms with van der Waals surface area (Å²) < 4.78 is 5.35. The van der Waals surface area contributed by atoms with Crippen molar-refractivity contribution in [3.63, 3.8) is 0 Å². The molecule has 3 atom stereocenters. The number of fused-ring (bicyclic) bond motifs is 2. The molecule has 0 aromatic heterocycles. The molecule has 17 heavy (non-hydrogen) atoms. The average molecular weight is 238 g/mol. The number of rotatable bonds is 2. The van der Waals surface area contributed by atoms with Gasteiger partial charge in [-0.25, -0.2) is 4.79 Å². The van der Waals surface area contributed by atoms with Crippen molar-refractivity contribution < 1.29 is 14.6 Å². The number of ether oxygens (including phenoxy) is 1. The second kappa shape index (κ2) is 3.35. The van der Waals surface area contributed by atoms with Crippen molar-refractivity contribution in [1.29, 1.82) is 0 Å². The molecule has 0 heterocycles. The molecule has 3 nitrogen and oxygen atoms in total. The lowest BCUT2D eigenvalue weighted by atomic mass is 9.68. The van der Waals surface area contributed by atoms with E-state index in [-0.39, 0.29) is 10.8 Å². The summed E-state index contributed by atoms with van der Waals surface area (Å²) in [6.07, 6.45) is 2.57. The number of hydrogen-bond donors (Lipinski definition) is 1. The minimum Gasteiger partial charge on any atom is -0.429 e. The van der Waals surface area contributed by atoms with Gasteiger partial charge in [0, 0.05) is 17.4 Å². The first-order valence-electron chi connectivity index (χ1n) is 6.25. The van der Waals surface area contributed by atoms with E-state index in [9.17, 15) is 9.90 Å². The van der Waals surface area contributed by atoms with Crippen LogP contribution in [0.5, 0.6) is 0 Å². The predicted molar refractivity (Wildman–Crippen MR) is 65.1 cm³/mol. The van der Waals surface area contributed by atoms with Crippen molar-refractivity contribution in [3.05, 3.63) is 12.2 Å². The lowest BCUT2D eigenvalue weighted by molar-refractivity contribution is -0.258. The summed E-state index contributed by atoms with van der Waals surface area (Å²) in [5.74, 6) is -1.39. The Labute approximate surface area is 103 Å². The molecule has 0 aliphatic heterocycles. The van der Waals surface area contributed by atoms with E-state index in [4.69, 9.17) is 4.74 Å². The van der Waals surface area contributed by atoms with Crippen molar-refractivity contribution in [2.45, 2.75) is 52.7 Å². The van der Waals surface area contributed by atoms with Crippen molar-refractivity contribution in [2.24, 2.45) is 16.7 Å². The first kappa shape index (κ1) is 12.6.